The van der Waals surface area contributed by atoms with Gasteiger partial charge in [-0.1, -0.05) is 62.8 Å². The van der Waals surface area contributed by atoms with E-state index in [-0.39, 0.29) is 0 Å². The monoisotopic (exact) mass is 226 g/mol. The van der Waals surface area contributed by atoms with E-state index in [9.17, 15) is 0 Å². The number of hydrogen-bond donors (Lipinski definition) is 0. The van der Waals surface area contributed by atoms with Gasteiger partial charge in [0.1, 0.15) is 0 Å². The van der Waals surface area contributed by atoms with E-state index in [2.05, 4.69) is 57.2 Å². The lowest BCUT2D eigenvalue weighted by Gasteiger charge is -2.35. The van der Waals surface area contributed by atoms with Crippen molar-refractivity contribution in [1.82, 2.24) is 0 Å². The summed E-state index contributed by atoms with van der Waals surface area (Å²) in [6.45, 7) is 7.42. The summed E-state index contributed by atoms with van der Waals surface area (Å²) < 4.78 is 0. The zero-order valence-corrected chi connectivity index (χ0v) is 11.2. The average molecular weight is 226 g/mol. The second-order valence-electron chi connectivity index (χ2n) is 6.57. The Bertz CT molecular complexity index is 452. The van der Waals surface area contributed by atoms with Crippen LogP contribution in [0.4, 0.5) is 0 Å². The van der Waals surface area contributed by atoms with Crippen molar-refractivity contribution in [1.29, 1.82) is 0 Å². The van der Waals surface area contributed by atoms with Crippen LogP contribution in [0.3, 0.4) is 0 Å². The Morgan fingerprint density at radius 2 is 1.82 bits per heavy atom. The van der Waals surface area contributed by atoms with Gasteiger partial charge >= 0.3 is 0 Å². The Morgan fingerprint density at radius 1 is 1.12 bits per heavy atom. The van der Waals surface area contributed by atoms with Gasteiger partial charge in [-0.2, -0.15) is 0 Å². The summed E-state index contributed by atoms with van der Waals surface area (Å²) in [5.74, 6) is 0.905. The van der Waals surface area contributed by atoms with Crippen LogP contribution in [0.15, 0.2) is 35.9 Å². The first-order chi connectivity index (χ1) is 8.04. The molecule has 2 unspecified atom stereocenters. The van der Waals surface area contributed by atoms with Crippen LogP contribution >= 0.6 is 0 Å². The van der Waals surface area contributed by atoms with Crippen molar-refractivity contribution >= 4 is 6.08 Å². The minimum Gasteiger partial charge on any atom is -0.0629 e. The van der Waals surface area contributed by atoms with E-state index >= 15 is 0 Å². The molecular formula is C17H22. The van der Waals surface area contributed by atoms with Crippen LogP contribution in [0.25, 0.3) is 6.08 Å². The second kappa shape index (κ2) is 3.48. The second-order valence-corrected chi connectivity index (χ2v) is 6.57. The highest BCUT2D eigenvalue weighted by molar-refractivity contribution is 5.56. The Balaban J connectivity index is 2.00. The molecule has 0 amide bonds. The fourth-order valence-corrected chi connectivity index (χ4v) is 3.99. The predicted molar refractivity (Wildman–Crippen MR) is 73.6 cm³/mol. The van der Waals surface area contributed by atoms with Gasteiger partial charge in [-0.05, 0) is 41.6 Å². The highest BCUT2D eigenvalue weighted by Gasteiger charge is 2.58. The van der Waals surface area contributed by atoms with Gasteiger partial charge in [-0.25, -0.2) is 0 Å². The molecule has 0 spiro atoms. The maximum Gasteiger partial charge on any atom is -0.00590 e. The maximum atomic E-state index is 2.48. The molecule has 0 heteroatoms. The summed E-state index contributed by atoms with van der Waals surface area (Å²) in [5, 5.41) is 0. The van der Waals surface area contributed by atoms with Crippen molar-refractivity contribution in [2.45, 2.75) is 40.0 Å². The molecule has 2 aliphatic carbocycles. The topological polar surface area (TPSA) is 0 Å². The third-order valence-corrected chi connectivity index (χ3v) is 5.75. The van der Waals surface area contributed by atoms with Gasteiger partial charge in [0, 0.05) is 0 Å². The third-order valence-electron chi connectivity index (χ3n) is 5.75. The Morgan fingerprint density at radius 3 is 2.35 bits per heavy atom. The quantitative estimate of drug-likeness (QED) is 0.638. The van der Waals surface area contributed by atoms with Crippen LogP contribution in [0.2, 0.25) is 0 Å². The first-order valence-corrected chi connectivity index (χ1v) is 6.80. The third kappa shape index (κ3) is 1.43. The minimum absolute atomic E-state index is 0.438. The van der Waals surface area contributed by atoms with E-state index in [1.165, 1.54) is 24.8 Å². The first kappa shape index (κ1) is 11.1. The Kier molecular flexibility index (Phi) is 2.26. The lowest BCUT2D eigenvalue weighted by atomic mass is 9.69. The molecule has 1 aromatic rings. The number of allylic oxidation sites excluding steroid dienone is 1. The van der Waals surface area contributed by atoms with E-state index in [4.69, 9.17) is 0 Å². The Labute approximate surface area is 105 Å². The van der Waals surface area contributed by atoms with Crippen LogP contribution in [-0.4, -0.2) is 0 Å². The zero-order valence-electron chi connectivity index (χ0n) is 11.2. The molecule has 2 bridgehead atoms. The first-order valence-electron chi connectivity index (χ1n) is 6.80. The van der Waals surface area contributed by atoms with Gasteiger partial charge < -0.3 is 0 Å². The molecule has 17 heavy (non-hydrogen) atoms. The SMILES string of the molecule is CC12CCC(C/C1=C\c1ccccc1)C2(C)C. The van der Waals surface area contributed by atoms with E-state index in [0.717, 1.165) is 5.92 Å². The molecule has 0 radical (unpaired) electrons. The lowest BCUT2D eigenvalue weighted by molar-refractivity contribution is 0.180. The fourth-order valence-electron chi connectivity index (χ4n) is 3.99. The van der Waals surface area contributed by atoms with Crippen molar-refractivity contribution < 1.29 is 0 Å². The molecular weight excluding hydrogens is 204 g/mol. The van der Waals surface area contributed by atoms with E-state index < -0.39 is 0 Å². The molecule has 2 atom stereocenters. The van der Waals surface area contributed by atoms with E-state index in [1.54, 1.807) is 5.57 Å². The van der Waals surface area contributed by atoms with Crippen LogP contribution < -0.4 is 0 Å². The van der Waals surface area contributed by atoms with Gasteiger partial charge in [0.25, 0.3) is 0 Å². The fraction of sp³-hybridized carbons (Fsp3) is 0.529. The maximum absolute atomic E-state index is 2.48. The van der Waals surface area contributed by atoms with Crippen LogP contribution in [0.1, 0.15) is 45.6 Å². The largest absolute Gasteiger partial charge is 0.0629 e. The van der Waals surface area contributed by atoms with Crippen molar-refractivity contribution in [3.63, 3.8) is 0 Å². The molecule has 0 aromatic heterocycles. The van der Waals surface area contributed by atoms with Crippen molar-refractivity contribution in [2.75, 3.05) is 0 Å². The van der Waals surface area contributed by atoms with Gasteiger partial charge in [-0.15, -0.1) is 0 Å². The number of hydrogen-bond acceptors (Lipinski definition) is 0. The molecule has 0 saturated heterocycles. The highest BCUT2D eigenvalue weighted by atomic mass is 14.6. The number of rotatable bonds is 1. The average Bonchev–Trinajstić information content (AvgIpc) is 2.63. The number of benzene rings is 1. The van der Waals surface area contributed by atoms with E-state index in [1.807, 2.05) is 0 Å². The summed E-state index contributed by atoms with van der Waals surface area (Å²) in [6, 6.07) is 10.8. The molecule has 90 valence electrons. The zero-order chi connectivity index (χ0) is 12.1. The van der Waals surface area contributed by atoms with Gasteiger partial charge in [0.2, 0.25) is 0 Å². The number of fused-ring (bicyclic) bond motifs is 2. The lowest BCUT2D eigenvalue weighted by Crippen LogP contribution is -2.27. The van der Waals surface area contributed by atoms with E-state index in [0.29, 0.717) is 10.8 Å². The summed E-state index contributed by atoms with van der Waals surface area (Å²) in [7, 11) is 0. The summed E-state index contributed by atoms with van der Waals surface area (Å²) in [5.41, 5.74) is 3.98. The van der Waals surface area contributed by atoms with Crippen molar-refractivity contribution in [3.05, 3.63) is 41.5 Å². The van der Waals surface area contributed by atoms with Crippen LogP contribution in [0.5, 0.6) is 0 Å². The molecule has 1 aromatic carbocycles. The molecule has 0 nitrogen and oxygen atoms in total. The molecule has 2 fully saturated rings. The molecule has 2 aliphatic rings. The van der Waals surface area contributed by atoms with Gasteiger partial charge in [0.15, 0.2) is 0 Å². The predicted octanol–water partition coefficient (Wildman–Crippen LogP) is 4.92. The van der Waals surface area contributed by atoms with Crippen molar-refractivity contribution in [3.8, 4) is 0 Å². The summed E-state index contributed by atoms with van der Waals surface area (Å²) in [4.78, 5) is 0. The molecule has 0 N–H and O–H groups in total. The standard InChI is InChI=1S/C17H22/c1-16(2)14-9-10-17(16,3)15(12-14)11-13-7-5-4-6-8-13/h4-8,11,14H,9-10,12H2,1-3H3/b15-11+. The minimum atomic E-state index is 0.438. The van der Waals surface area contributed by atoms with Crippen LogP contribution in [0, 0.1) is 16.7 Å². The van der Waals surface area contributed by atoms with Crippen LogP contribution in [-0.2, 0) is 0 Å². The summed E-state index contributed by atoms with van der Waals surface area (Å²) in [6.07, 6.45) is 6.57. The van der Waals surface area contributed by atoms with Crippen molar-refractivity contribution in [2.24, 2.45) is 16.7 Å². The normalized spacial score (nSPS) is 36.6. The molecule has 0 heterocycles. The molecule has 2 saturated carbocycles. The molecule has 0 aliphatic heterocycles. The smallest absolute Gasteiger partial charge is 0.00590 e. The van der Waals surface area contributed by atoms with Gasteiger partial charge in [-0.3, -0.25) is 0 Å². The molecule has 3 rings (SSSR count). The summed E-state index contributed by atoms with van der Waals surface area (Å²) >= 11 is 0. The van der Waals surface area contributed by atoms with Gasteiger partial charge in [0.05, 0.1) is 0 Å². The highest BCUT2D eigenvalue weighted by Crippen LogP contribution is 2.68. The Hall–Kier alpha value is -1.04.